The van der Waals surface area contributed by atoms with Gasteiger partial charge in [0.15, 0.2) is 0 Å². The van der Waals surface area contributed by atoms with Crippen LogP contribution in [0.1, 0.15) is 25.6 Å². The van der Waals surface area contributed by atoms with E-state index in [1.165, 1.54) is 0 Å². The molecule has 1 aromatic rings. The van der Waals surface area contributed by atoms with Crippen molar-refractivity contribution in [2.75, 3.05) is 6.54 Å². The molecule has 64 valence electrons. The SMILES string of the molecule is CC#CCN[C@@H](C)c1ccco1. The lowest BCUT2D eigenvalue weighted by Crippen LogP contribution is -2.18. The zero-order chi connectivity index (χ0) is 8.81. The Hall–Kier alpha value is -1.20. The van der Waals surface area contributed by atoms with Crippen molar-refractivity contribution in [2.45, 2.75) is 19.9 Å². The molecule has 1 N–H and O–H groups in total. The highest BCUT2D eigenvalue weighted by molar-refractivity contribution is 5.05. The van der Waals surface area contributed by atoms with Gasteiger partial charge in [-0.2, -0.15) is 0 Å². The average Bonchev–Trinajstić information content (AvgIpc) is 2.56. The summed E-state index contributed by atoms with van der Waals surface area (Å²) >= 11 is 0. The van der Waals surface area contributed by atoms with Gasteiger partial charge in [-0.05, 0) is 26.0 Å². The maximum absolute atomic E-state index is 5.22. The zero-order valence-corrected chi connectivity index (χ0v) is 7.42. The number of hydrogen-bond acceptors (Lipinski definition) is 2. The quantitative estimate of drug-likeness (QED) is 0.689. The number of furan rings is 1. The minimum atomic E-state index is 0.237. The summed E-state index contributed by atoms with van der Waals surface area (Å²) in [6.07, 6.45) is 1.68. The van der Waals surface area contributed by atoms with Gasteiger partial charge in [-0.25, -0.2) is 0 Å². The van der Waals surface area contributed by atoms with Gasteiger partial charge in [-0.15, -0.1) is 5.92 Å². The van der Waals surface area contributed by atoms with Crippen LogP contribution in [-0.2, 0) is 0 Å². The van der Waals surface area contributed by atoms with E-state index >= 15 is 0 Å². The highest BCUT2D eigenvalue weighted by atomic mass is 16.3. The molecule has 0 unspecified atom stereocenters. The molecule has 12 heavy (non-hydrogen) atoms. The summed E-state index contributed by atoms with van der Waals surface area (Å²) in [7, 11) is 0. The standard InChI is InChI=1S/C10H13NO/c1-3-4-7-11-9(2)10-6-5-8-12-10/h5-6,8-9,11H,7H2,1-2H3/t9-/m0/s1. The first-order valence-corrected chi connectivity index (χ1v) is 4.01. The fourth-order valence-corrected chi connectivity index (χ4v) is 0.931. The second-order valence-electron chi connectivity index (χ2n) is 2.54. The van der Waals surface area contributed by atoms with Crippen LogP contribution in [0.25, 0.3) is 0 Å². The molecule has 0 fully saturated rings. The average molecular weight is 163 g/mol. The van der Waals surface area contributed by atoms with Crippen LogP contribution in [0.4, 0.5) is 0 Å². The molecule has 0 spiro atoms. The van der Waals surface area contributed by atoms with E-state index in [1.54, 1.807) is 6.26 Å². The Morgan fingerprint density at radius 3 is 3.08 bits per heavy atom. The Bertz CT molecular complexity index is 266. The maximum atomic E-state index is 5.22. The summed E-state index contributed by atoms with van der Waals surface area (Å²) in [5.74, 6) is 6.72. The van der Waals surface area contributed by atoms with E-state index in [0.717, 1.165) is 5.76 Å². The molecule has 0 saturated carbocycles. The van der Waals surface area contributed by atoms with Crippen LogP contribution >= 0.6 is 0 Å². The van der Waals surface area contributed by atoms with E-state index in [4.69, 9.17) is 4.42 Å². The number of hydrogen-bond donors (Lipinski definition) is 1. The Morgan fingerprint density at radius 2 is 2.50 bits per heavy atom. The van der Waals surface area contributed by atoms with Gasteiger partial charge < -0.3 is 4.42 Å². The molecule has 2 heteroatoms. The van der Waals surface area contributed by atoms with Crippen molar-refractivity contribution in [2.24, 2.45) is 0 Å². The molecule has 0 saturated heterocycles. The molecule has 0 aromatic carbocycles. The van der Waals surface area contributed by atoms with Crippen LogP contribution in [-0.4, -0.2) is 6.54 Å². The highest BCUT2D eigenvalue weighted by Crippen LogP contribution is 2.10. The second-order valence-corrected chi connectivity index (χ2v) is 2.54. The van der Waals surface area contributed by atoms with Gasteiger partial charge in [0.2, 0.25) is 0 Å². The van der Waals surface area contributed by atoms with Crippen molar-refractivity contribution in [3.63, 3.8) is 0 Å². The molecular formula is C10H13NO. The Labute approximate surface area is 73.0 Å². The van der Waals surface area contributed by atoms with Crippen molar-refractivity contribution in [1.29, 1.82) is 0 Å². The van der Waals surface area contributed by atoms with Crippen LogP contribution < -0.4 is 5.32 Å². The molecule has 0 radical (unpaired) electrons. The molecule has 1 atom stereocenters. The minimum Gasteiger partial charge on any atom is -0.468 e. The molecule has 0 bridgehead atoms. The fourth-order valence-electron chi connectivity index (χ4n) is 0.931. The van der Waals surface area contributed by atoms with Crippen molar-refractivity contribution in [3.05, 3.63) is 24.2 Å². The number of nitrogens with one attached hydrogen (secondary N) is 1. The largest absolute Gasteiger partial charge is 0.468 e. The van der Waals surface area contributed by atoms with Crippen LogP contribution in [0.2, 0.25) is 0 Å². The van der Waals surface area contributed by atoms with Gasteiger partial charge in [0.05, 0.1) is 18.8 Å². The third-order valence-electron chi connectivity index (χ3n) is 1.64. The molecule has 1 aromatic heterocycles. The Balaban J connectivity index is 2.37. The van der Waals surface area contributed by atoms with Crippen molar-refractivity contribution < 1.29 is 4.42 Å². The first kappa shape index (κ1) is 8.89. The lowest BCUT2D eigenvalue weighted by atomic mass is 10.2. The number of rotatable bonds is 3. The zero-order valence-electron chi connectivity index (χ0n) is 7.42. The minimum absolute atomic E-state index is 0.237. The van der Waals surface area contributed by atoms with E-state index in [9.17, 15) is 0 Å². The predicted octanol–water partition coefficient (Wildman–Crippen LogP) is 1.95. The predicted molar refractivity (Wildman–Crippen MR) is 48.6 cm³/mol. The van der Waals surface area contributed by atoms with Crippen molar-refractivity contribution >= 4 is 0 Å². The van der Waals surface area contributed by atoms with Crippen LogP contribution in [0, 0.1) is 11.8 Å². The maximum Gasteiger partial charge on any atom is 0.120 e. The summed E-state index contributed by atoms with van der Waals surface area (Å²) in [4.78, 5) is 0. The van der Waals surface area contributed by atoms with Crippen LogP contribution in [0.3, 0.4) is 0 Å². The van der Waals surface area contributed by atoms with Crippen LogP contribution in [0.15, 0.2) is 22.8 Å². The molecule has 0 aliphatic carbocycles. The van der Waals surface area contributed by atoms with E-state index in [-0.39, 0.29) is 6.04 Å². The van der Waals surface area contributed by atoms with Gasteiger partial charge in [-0.3, -0.25) is 5.32 Å². The Kier molecular flexibility index (Phi) is 3.43. The molecule has 2 nitrogen and oxygen atoms in total. The normalized spacial score (nSPS) is 11.8. The van der Waals surface area contributed by atoms with E-state index in [0.29, 0.717) is 6.54 Å². The van der Waals surface area contributed by atoms with Gasteiger partial charge in [0.1, 0.15) is 5.76 Å². The van der Waals surface area contributed by atoms with Crippen molar-refractivity contribution in [3.8, 4) is 11.8 Å². The molecule has 0 amide bonds. The second kappa shape index (κ2) is 4.63. The summed E-state index contributed by atoms with van der Waals surface area (Å²) in [5.41, 5.74) is 0. The van der Waals surface area contributed by atoms with E-state index in [2.05, 4.69) is 24.1 Å². The molecule has 0 aliphatic heterocycles. The van der Waals surface area contributed by atoms with Gasteiger partial charge >= 0.3 is 0 Å². The summed E-state index contributed by atoms with van der Waals surface area (Å²) in [6, 6.07) is 4.08. The first-order chi connectivity index (χ1) is 5.84. The monoisotopic (exact) mass is 163 g/mol. The van der Waals surface area contributed by atoms with Gasteiger partial charge in [-0.1, -0.05) is 5.92 Å². The van der Waals surface area contributed by atoms with Gasteiger partial charge in [0.25, 0.3) is 0 Å². The molecular weight excluding hydrogens is 150 g/mol. The van der Waals surface area contributed by atoms with E-state index in [1.807, 2.05) is 19.1 Å². The molecule has 0 aliphatic rings. The van der Waals surface area contributed by atoms with Gasteiger partial charge in [0, 0.05) is 0 Å². The lowest BCUT2D eigenvalue weighted by Gasteiger charge is -2.07. The topological polar surface area (TPSA) is 25.2 Å². The summed E-state index contributed by atoms with van der Waals surface area (Å²) in [6.45, 7) is 4.59. The molecule has 1 rings (SSSR count). The fraction of sp³-hybridized carbons (Fsp3) is 0.400. The van der Waals surface area contributed by atoms with E-state index < -0.39 is 0 Å². The molecule has 1 heterocycles. The third-order valence-corrected chi connectivity index (χ3v) is 1.64. The summed E-state index contributed by atoms with van der Waals surface area (Å²) in [5, 5.41) is 3.22. The van der Waals surface area contributed by atoms with Crippen LogP contribution in [0.5, 0.6) is 0 Å². The van der Waals surface area contributed by atoms with Crippen molar-refractivity contribution in [1.82, 2.24) is 5.32 Å². The highest BCUT2D eigenvalue weighted by Gasteiger charge is 2.04. The lowest BCUT2D eigenvalue weighted by molar-refractivity contribution is 0.443. The smallest absolute Gasteiger partial charge is 0.120 e. The Morgan fingerprint density at radius 1 is 1.67 bits per heavy atom. The third kappa shape index (κ3) is 2.44. The first-order valence-electron chi connectivity index (χ1n) is 4.01. The summed E-state index contributed by atoms with van der Waals surface area (Å²) < 4.78 is 5.22.